The first-order valence-electron chi connectivity index (χ1n) is 7.13. The van der Waals surface area contributed by atoms with Crippen molar-refractivity contribution in [1.29, 1.82) is 0 Å². The molecule has 21 heavy (non-hydrogen) atoms. The zero-order valence-electron chi connectivity index (χ0n) is 13.2. The Morgan fingerprint density at radius 2 is 2.10 bits per heavy atom. The Morgan fingerprint density at radius 3 is 2.71 bits per heavy atom. The van der Waals surface area contributed by atoms with Gasteiger partial charge in [-0.3, -0.25) is 0 Å². The van der Waals surface area contributed by atoms with E-state index in [4.69, 9.17) is 5.73 Å². The number of nitrogens with two attached hydrogens (primary N) is 1. The van der Waals surface area contributed by atoms with Crippen LogP contribution in [0.2, 0.25) is 0 Å². The normalized spacial score (nSPS) is 12.3. The van der Waals surface area contributed by atoms with E-state index < -0.39 is 5.60 Å². The molecular formula is C15H25N5O. The molecule has 0 amide bonds. The second-order valence-electron chi connectivity index (χ2n) is 6.30. The maximum absolute atomic E-state index is 9.97. The molecule has 0 aliphatic rings. The highest BCUT2D eigenvalue weighted by Gasteiger charge is 2.18. The zero-order chi connectivity index (χ0) is 15.6. The number of benzene rings is 1. The van der Waals surface area contributed by atoms with Crippen molar-refractivity contribution in [2.45, 2.75) is 26.0 Å². The van der Waals surface area contributed by atoms with Crippen LogP contribution in [0.4, 0.5) is 11.6 Å². The lowest BCUT2D eigenvalue weighted by molar-refractivity contribution is 0.0633. The summed E-state index contributed by atoms with van der Waals surface area (Å²) < 4.78 is 1.85. The number of hydrogen-bond donors (Lipinski definition) is 3. The molecular weight excluding hydrogens is 266 g/mol. The summed E-state index contributed by atoms with van der Waals surface area (Å²) >= 11 is 0. The number of fused-ring (bicyclic) bond motifs is 1. The summed E-state index contributed by atoms with van der Waals surface area (Å²) in [5, 5.41) is 13.3. The molecule has 6 nitrogen and oxygen atoms in total. The fourth-order valence-electron chi connectivity index (χ4n) is 2.24. The lowest BCUT2D eigenvalue weighted by Crippen LogP contribution is -2.26. The number of likely N-dealkylation sites (N-methyl/N-ethyl adjacent to an activating group) is 1. The average Bonchev–Trinajstić information content (AvgIpc) is 2.63. The summed E-state index contributed by atoms with van der Waals surface area (Å²) in [6, 6.07) is 5.99. The van der Waals surface area contributed by atoms with Crippen molar-refractivity contribution in [2.75, 3.05) is 38.2 Å². The third-order valence-corrected chi connectivity index (χ3v) is 3.21. The summed E-state index contributed by atoms with van der Waals surface area (Å²) in [6.07, 6.45) is 0. The first kappa shape index (κ1) is 15.6. The monoisotopic (exact) mass is 291 g/mol. The minimum absolute atomic E-state index is 0.419. The predicted octanol–water partition coefficient (Wildman–Crippen LogP) is 1.36. The number of hydrogen-bond acceptors (Lipinski definition) is 5. The van der Waals surface area contributed by atoms with E-state index in [1.165, 1.54) is 0 Å². The van der Waals surface area contributed by atoms with E-state index >= 15 is 0 Å². The molecule has 1 aromatic heterocycles. The van der Waals surface area contributed by atoms with Gasteiger partial charge in [0.1, 0.15) is 0 Å². The van der Waals surface area contributed by atoms with E-state index in [1.54, 1.807) is 13.8 Å². The summed E-state index contributed by atoms with van der Waals surface area (Å²) in [5.41, 5.74) is 7.94. The van der Waals surface area contributed by atoms with Crippen molar-refractivity contribution >= 4 is 22.7 Å². The fraction of sp³-hybridized carbons (Fsp3) is 0.533. The molecule has 0 unspecified atom stereocenters. The number of nitrogen functional groups attached to an aromatic ring is 1. The SMILES string of the molecule is CN(C)CCNc1ccc2c(c1)nc(N)n2CC(C)(C)O. The molecule has 2 rings (SSSR count). The van der Waals surface area contributed by atoms with Crippen molar-refractivity contribution < 1.29 is 5.11 Å². The van der Waals surface area contributed by atoms with Gasteiger partial charge in [-0.1, -0.05) is 0 Å². The van der Waals surface area contributed by atoms with Gasteiger partial charge in [-0.2, -0.15) is 0 Å². The van der Waals surface area contributed by atoms with E-state index in [1.807, 2.05) is 36.9 Å². The highest BCUT2D eigenvalue weighted by molar-refractivity contribution is 5.82. The highest BCUT2D eigenvalue weighted by Crippen LogP contribution is 2.23. The van der Waals surface area contributed by atoms with E-state index in [9.17, 15) is 5.11 Å². The predicted molar refractivity (Wildman–Crippen MR) is 87.5 cm³/mol. The molecule has 4 N–H and O–H groups in total. The molecule has 0 saturated heterocycles. The quantitative estimate of drug-likeness (QED) is 0.749. The molecule has 2 aromatic rings. The van der Waals surface area contributed by atoms with Gasteiger partial charge in [-0.25, -0.2) is 4.98 Å². The minimum atomic E-state index is -0.829. The summed E-state index contributed by atoms with van der Waals surface area (Å²) in [4.78, 5) is 6.51. The van der Waals surface area contributed by atoms with Crippen LogP contribution < -0.4 is 11.1 Å². The Hall–Kier alpha value is -1.79. The number of nitrogens with zero attached hydrogens (tertiary/aromatic N) is 3. The van der Waals surface area contributed by atoms with Crippen LogP contribution >= 0.6 is 0 Å². The summed E-state index contributed by atoms with van der Waals surface area (Å²) in [7, 11) is 4.09. The lowest BCUT2D eigenvalue weighted by Gasteiger charge is -2.19. The molecule has 0 saturated carbocycles. The van der Waals surface area contributed by atoms with Crippen LogP contribution in [0.25, 0.3) is 11.0 Å². The Morgan fingerprint density at radius 1 is 1.38 bits per heavy atom. The Balaban J connectivity index is 2.21. The molecule has 116 valence electrons. The van der Waals surface area contributed by atoms with Gasteiger partial charge in [0, 0.05) is 18.8 Å². The number of imidazole rings is 1. The van der Waals surface area contributed by atoms with Crippen molar-refractivity contribution in [1.82, 2.24) is 14.5 Å². The number of aliphatic hydroxyl groups is 1. The Bertz CT molecular complexity index is 612. The van der Waals surface area contributed by atoms with E-state index in [-0.39, 0.29) is 0 Å². The van der Waals surface area contributed by atoms with Crippen LogP contribution in [0.5, 0.6) is 0 Å². The van der Waals surface area contributed by atoms with Crippen LogP contribution in [-0.2, 0) is 6.54 Å². The van der Waals surface area contributed by atoms with Gasteiger partial charge in [0.25, 0.3) is 0 Å². The molecule has 0 bridgehead atoms. The molecule has 6 heteroatoms. The fourth-order valence-corrected chi connectivity index (χ4v) is 2.24. The van der Waals surface area contributed by atoms with Crippen molar-refractivity contribution in [2.24, 2.45) is 0 Å². The zero-order valence-corrected chi connectivity index (χ0v) is 13.2. The third kappa shape index (κ3) is 4.09. The first-order valence-corrected chi connectivity index (χ1v) is 7.13. The van der Waals surface area contributed by atoms with Crippen LogP contribution in [0.15, 0.2) is 18.2 Å². The number of nitrogens with one attached hydrogen (secondary N) is 1. The van der Waals surface area contributed by atoms with Crippen LogP contribution in [0.3, 0.4) is 0 Å². The largest absolute Gasteiger partial charge is 0.389 e. The van der Waals surface area contributed by atoms with Crippen molar-refractivity contribution in [3.63, 3.8) is 0 Å². The molecule has 0 aliphatic heterocycles. The topological polar surface area (TPSA) is 79.3 Å². The average molecular weight is 291 g/mol. The lowest BCUT2D eigenvalue weighted by atomic mass is 10.1. The van der Waals surface area contributed by atoms with Gasteiger partial charge in [0.2, 0.25) is 5.95 Å². The number of aromatic nitrogens is 2. The van der Waals surface area contributed by atoms with Crippen molar-refractivity contribution in [3.05, 3.63) is 18.2 Å². The van der Waals surface area contributed by atoms with E-state index in [2.05, 4.69) is 15.2 Å². The minimum Gasteiger partial charge on any atom is -0.389 e. The summed E-state index contributed by atoms with van der Waals surface area (Å²) in [6.45, 7) is 5.78. The molecule has 0 fully saturated rings. The Labute approximate surface area is 125 Å². The maximum atomic E-state index is 9.97. The first-order chi connectivity index (χ1) is 9.76. The molecule has 1 heterocycles. The van der Waals surface area contributed by atoms with E-state index in [0.29, 0.717) is 12.5 Å². The second-order valence-corrected chi connectivity index (χ2v) is 6.30. The van der Waals surface area contributed by atoms with Crippen LogP contribution in [0, 0.1) is 0 Å². The van der Waals surface area contributed by atoms with Crippen molar-refractivity contribution in [3.8, 4) is 0 Å². The summed E-state index contributed by atoms with van der Waals surface area (Å²) in [5.74, 6) is 0.428. The standard InChI is InChI=1S/C15H25N5O/c1-15(2,21)10-20-13-6-5-11(17-7-8-19(3)4)9-12(13)18-14(20)16/h5-6,9,17,21H,7-8,10H2,1-4H3,(H2,16,18). The van der Waals surface area contributed by atoms with Gasteiger partial charge < -0.3 is 25.6 Å². The molecule has 0 radical (unpaired) electrons. The smallest absolute Gasteiger partial charge is 0.201 e. The number of rotatable bonds is 6. The van der Waals surface area contributed by atoms with Gasteiger partial charge in [0.15, 0.2) is 0 Å². The molecule has 0 aliphatic carbocycles. The molecule has 0 spiro atoms. The Kier molecular flexibility index (Phi) is 4.39. The molecule has 0 atom stereocenters. The van der Waals surface area contributed by atoms with E-state index in [0.717, 1.165) is 29.8 Å². The van der Waals surface area contributed by atoms with Crippen LogP contribution in [-0.4, -0.2) is 52.3 Å². The van der Waals surface area contributed by atoms with Crippen LogP contribution in [0.1, 0.15) is 13.8 Å². The molecule has 1 aromatic carbocycles. The second kappa shape index (κ2) is 5.91. The highest BCUT2D eigenvalue weighted by atomic mass is 16.3. The van der Waals surface area contributed by atoms with Gasteiger partial charge in [-0.15, -0.1) is 0 Å². The number of anilines is 2. The maximum Gasteiger partial charge on any atom is 0.201 e. The van der Waals surface area contributed by atoms with Gasteiger partial charge >= 0.3 is 0 Å². The van der Waals surface area contributed by atoms with Gasteiger partial charge in [0.05, 0.1) is 23.2 Å². The van der Waals surface area contributed by atoms with Gasteiger partial charge in [-0.05, 0) is 46.1 Å². The third-order valence-electron chi connectivity index (χ3n) is 3.21.